The summed E-state index contributed by atoms with van der Waals surface area (Å²) in [6.45, 7) is 0.402. The number of aromatic amines is 3. The maximum atomic E-state index is 14.3. The van der Waals surface area contributed by atoms with Crippen LogP contribution in [0.4, 0.5) is 4.79 Å². The predicted octanol–water partition coefficient (Wildman–Crippen LogP) is 1.13. The number of nitrogens with one attached hydrogen (secondary N) is 9. The zero-order valence-corrected chi connectivity index (χ0v) is 35.2. The number of fused-ring (bicyclic) bond motifs is 2. The van der Waals surface area contributed by atoms with Gasteiger partial charge in [0.2, 0.25) is 23.6 Å². The largest absolute Gasteiger partial charge is 0.368 e. The van der Waals surface area contributed by atoms with Crippen molar-refractivity contribution >= 4 is 57.4 Å². The van der Waals surface area contributed by atoms with E-state index in [0.29, 0.717) is 37.1 Å². The number of benzene rings is 3. The zero-order chi connectivity index (χ0) is 45.4. The highest BCUT2D eigenvalue weighted by molar-refractivity contribution is 5.95. The van der Waals surface area contributed by atoms with Gasteiger partial charge in [0.15, 0.2) is 0 Å². The van der Waals surface area contributed by atoms with Crippen LogP contribution in [0, 0.1) is 0 Å². The number of para-hydroxylation sites is 2. The molecule has 6 rings (SSSR count). The van der Waals surface area contributed by atoms with Gasteiger partial charge in [-0.15, -0.1) is 0 Å². The molecular formula is C45H55N13O6. The third-order valence-electron chi connectivity index (χ3n) is 10.9. The number of hydrogen-bond acceptors (Lipinski definition) is 9. The number of aryl methyl sites for hydroxylation is 1. The van der Waals surface area contributed by atoms with E-state index in [0.717, 1.165) is 32.9 Å². The second kappa shape index (κ2) is 22.5. The Morgan fingerprint density at radius 3 is 1.86 bits per heavy atom. The lowest BCUT2D eigenvalue weighted by atomic mass is 10.0. The number of imidazole rings is 1. The normalized spacial score (nSPS) is 13.5. The van der Waals surface area contributed by atoms with Crippen LogP contribution in [0.3, 0.4) is 0 Å². The Hall–Kier alpha value is -7.51. The first kappa shape index (κ1) is 46.0. The quantitative estimate of drug-likeness (QED) is 0.0343. The minimum absolute atomic E-state index is 0.0303. The molecule has 3 aromatic carbocycles. The van der Waals surface area contributed by atoms with Gasteiger partial charge in [0, 0.05) is 65.4 Å². The van der Waals surface area contributed by atoms with Crippen LogP contribution in [0.25, 0.3) is 21.8 Å². The van der Waals surface area contributed by atoms with Crippen LogP contribution >= 0.6 is 0 Å². The third-order valence-corrected chi connectivity index (χ3v) is 10.9. The molecule has 19 heteroatoms. The molecule has 0 fully saturated rings. The van der Waals surface area contributed by atoms with Crippen LogP contribution in [0.2, 0.25) is 0 Å². The maximum absolute atomic E-state index is 14.3. The molecule has 5 atom stereocenters. The zero-order valence-electron chi connectivity index (χ0n) is 35.2. The van der Waals surface area contributed by atoms with E-state index in [9.17, 15) is 28.8 Å². The molecule has 3 aromatic heterocycles. The van der Waals surface area contributed by atoms with Crippen molar-refractivity contribution in [2.75, 3.05) is 6.54 Å². The molecule has 0 saturated carbocycles. The van der Waals surface area contributed by atoms with E-state index in [1.807, 2.05) is 60.8 Å². The molecule has 0 unspecified atom stereocenters. The summed E-state index contributed by atoms with van der Waals surface area (Å²) in [5.74, 6) is -3.45. The molecule has 0 aliphatic heterocycles. The molecular weight excluding hydrogens is 819 g/mol. The topological polar surface area (TPSA) is 313 Å². The van der Waals surface area contributed by atoms with E-state index in [1.165, 1.54) is 6.33 Å². The molecule has 19 nitrogen and oxygen atoms in total. The smallest absolute Gasteiger partial charge is 0.334 e. The molecule has 3 heterocycles. The summed E-state index contributed by atoms with van der Waals surface area (Å²) in [6.07, 6.45) is 8.66. The second-order valence-electron chi connectivity index (χ2n) is 15.5. The second-order valence-corrected chi connectivity index (χ2v) is 15.5. The molecule has 15 N–H and O–H groups in total. The molecule has 6 aromatic rings. The van der Waals surface area contributed by atoms with Crippen LogP contribution in [0.15, 0.2) is 104 Å². The highest BCUT2D eigenvalue weighted by Gasteiger charge is 2.31. The number of hydrazine groups is 1. The van der Waals surface area contributed by atoms with Gasteiger partial charge < -0.3 is 53.4 Å². The summed E-state index contributed by atoms with van der Waals surface area (Å²) in [4.78, 5) is 94.5. The van der Waals surface area contributed by atoms with Gasteiger partial charge in [0.05, 0.1) is 12.4 Å². The monoisotopic (exact) mass is 873 g/mol. The first-order chi connectivity index (χ1) is 31.0. The van der Waals surface area contributed by atoms with Crippen molar-refractivity contribution in [2.24, 2.45) is 17.2 Å². The molecule has 0 bridgehead atoms. The molecule has 0 aliphatic carbocycles. The number of amides is 7. The fourth-order valence-corrected chi connectivity index (χ4v) is 7.42. The van der Waals surface area contributed by atoms with Gasteiger partial charge in [-0.1, -0.05) is 66.7 Å². The standard InChI is InChI=1S/C45H55N13O6/c46-19-9-8-16-36(40(48)59)53-42(61)38(20-27-10-2-1-3-11-27)55-43(62)39(21-29-24-51-35-15-7-5-13-32(29)35)56-45(64)58-57-44(63)37(54-41(60)33(47)22-30-25-49-26-52-30)18-17-28-23-50-34-14-6-4-12-31(28)34/h1-7,10-15,23-26,33,36-39,50-51H,8-9,16-22,46-47H2,(H2,48,59)(H,49,52)(H,53,61)(H,54,60)(H,55,62)(H,57,63)(H2,56,58,64)/t33-,36-,37+,38+,39-/m0/s1. The van der Waals surface area contributed by atoms with Crippen LogP contribution in [0.1, 0.15) is 48.1 Å². The number of urea groups is 1. The predicted molar refractivity (Wildman–Crippen MR) is 241 cm³/mol. The van der Waals surface area contributed by atoms with Crippen molar-refractivity contribution in [3.63, 3.8) is 0 Å². The first-order valence-corrected chi connectivity index (χ1v) is 21.1. The van der Waals surface area contributed by atoms with E-state index in [-0.39, 0.29) is 32.1 Å². The van der Waals surface area contributed by atoms with E-state index in [4.69, 9.17) is 17.2 Å². The molecule has 7 amide bonds. The van der Waals surface area contributed by atoms with Crippen LogP contribution in [-0.2, 0) is 49.7 Å². The van der Waals surface area contributed by atoms with Crippen molar-refractivity contribution in [3.05, 3.63) is 126 Å². The molecule has 64 heavy (non-hydrogen) atoms. The van der Waals surface area contributed by atoms with E-state index < -0.39 is 65.8 Å². The van der Waals surface area contributed by atoms with Crippen LogP contribution < -0.4 is 49.3 Å². The number of nitrogens with two attached hydrogens (primary N) is 3. The van der Waals surface area contributed by atoms with E-state index in [2.05, 4.69) is 52.1 Å². The summed E-state index contributed by atoms with van der Waals surface area (Å²) >= 11 is 0. The average molecular weight is 874 g/mol. The SMILES string of the molecule is NCCCC[C@H](NC(=O)[C@@H](Cc1ccccc1)NC(=O)[C@H](Cc1c[nH]c2ccccc12)NC(=O)NNC(=O)[C@@H](CCc1c[nH]c2ccccc12)NC(=O)[C@@H](N)Cc1cnc[nH]1)C(N)=O. The number of H-pyrrole nitrogens is 3. The molecule has 336 valence electrons. The van der Waals surface area contributed by atoms with Crippen LogP contribution in [-0.4, -0.2) is 92.3 Å². The van der Waals surface area contributed by atoms with Gasteiger partial charge in [0.25, 0.3) is 5.91 Å². The Balaban J connectivity index is 1.18. The molecule has 0 radical (unpaired) electrons. The Bertz CT molecular complexity index is 2500. The first-order valence-electron chi connectivity index (χ1n) is 21.1. The Labute approximate surface area is 368 Å². The minimum atomic E-state index is -1.29. The summed E-state index contributed by atoms with van der Waals surface area (Å²) in [5, 5.41) is 12.6. The lowest BCUT2D eigenvalue weighted by Crippen LogP contribution is -2.60. The fourth-order valence-electron chi connectivity index (χ4n) is 7.42. The Morgan fingerprint density at radius 2 is 1.20 bits per heavy atom. The van der Waals surface area contributed by atoms with Crippen molar-refractivity contribution in [3.8, 4) is 0 Å². The van der Waals surface area contributed by atoms with Crippen molar-refractivity contribution in [1.82, 2.24) is 52.1 Å². The fraction of sp³-hybridized carbons (Fsp3) is 0.311. The van der Waals surface area contributed by atoms with Gasteiger partial charge in [-0.05, 0) is 67.5 Å². The number of carbonyl (C=O) groups is 6. The van der Waals surface area contributed by atoms with Gasteiger partial charge in [-0.3, -0.25) is 29.4 Å². The van der Waals surface area contributed by atoms with Gasteiger partial charge in [-0.2, -0.15) is 0 Å². The third kappa shape index (κ3) is 12.8. The highest BCUT2D eigenvalue weighted by atomic mass is 16.2. The highest BCUT2D eigenvalue weighted by Crippen LogP contribution is 2.21. The lowest BCUT2D eigenvalue weighted by molar-refractivity contribution is -0.132. The lowest BCUT2D eigenvalue weighted by Gasteiger charge is -2.25. The molecule has 0 saturated heterocycles. The number of nitrogens with zero attached hydrogens (tertiary/aromatic N) is 1. The number of rotatable bonds is 22. The summed E-state index contributed by atoms with van der Waals surface area (Å²) in [6, 6.07) is 17.5. The molecule has 0 spiro atoms. The van der Waals surface area contributed by atoms with Crippen LogP contribution in [0.5, 0.6) is 0 Å². The Kier molecular flexibility index (Phi) is 16.2. The van der Waals surface area contributed by atoms with Crippen molar-refractivity contribution < 1.29 is 28.8 Å². The summed E-state index contributed by atoms with van der Waals surface area (Å²) in [5.41, 5.74) is 26.8. The van der Waals surface area contributed by atoms with Crippen molar-refractivity contribution in [1.29, 1.82) is 0 Å². The number of aromatic nitrogens is 4. The average Bonchev–Trinajstić information content (AvgIpc) is 4.07. The van der Waals surface area contributed by atoms with Crippen molar-refractivity contribution in [2.45, 2.75) is 81.6 Å². The number of primary amides is 1. The minimum Gasteiger partial charge on any atom is -0.368 e. The molecule has 0 aliphatic rings. The number of hydrogen-bond donors (Lipinski definition) is 12. The van der Waals surface area contributed by atoms with Gasteiger partial charge in [0.1, 0.15) is 24.2 Å². The number of unbranched alkanes of at least 4 members (excludes halogenated alkanes) is 1. The Morgan fingerprint density at radius 1 is 0.594 bits per heavy atom. The maximum Gasteiger partial charge on any atom is 0.334 e. The van der Waals surface area contributed by atoms with E-state index >= 15 is 0 Å². The summed E-state index contributed by atoms with van der Waals surface area (Å²) < 4.78 is 0. The summed E-state index contributed by atoms with van der Waals surface area (Å²) in [7, 11) is 0. The van der Waals surface area contributed by atoms with Gasteiger partial charge >= 0.3 is 6.03 Å². The number of carbonyl (C=O) groups excluding carboxylic acids is 6. The van der Waals surface area contributed by atoms with Gasteiger partial charge in [-0.25, -0.2) is 15.2 Å². The van der Waals surface area contributed by atoms with E-state index in [1.54, 1.807) is 36.7 Å².